The summed E-state index contributed by atoms with van der Waals surface area (Å²) >= 11 is 6.01. The number of carbonyl (C=O) groups is 3. The highest BCUT2D eigenvalue weighted by Crippen LogP contribution is 2.33. The number of nitrogens with zero attached hydrogens (tertiary/aromatic N) is 2. The Morgan fingerprint density at radius 2 is 2.23 bits per heavy atom. The van der Waals surface area contributed by atoms with E-state index < -0.39 is 12.1 Å². The predicted molar refractivity (Wildman–Crippen MR) is 82.7 cm³/mol. The second-order valence-corrected chi connectivity index (χ2v) is 5.37. The zero-order valence-electron chi connectivity index (χ0n) is 12.0. The summed E-state index contributed by atoms with van der Waals surface area (Å²) in [6.07, 6.45) is -0.242. The van der Waals surface area contributed by atoms with Crippen molar-refractivity contribution < 1.29 is 19.5 Å². The fourth-order valence-electron chi connectivity index (χ4n) is 2.48. The number of hydrogen-bond acceptors (Lipinski definition) is 4. The van der Waals surface area contributed by atoms with Crippen LogP contribution in [0, 0.1) is 0 Å². The number of halogens is 1. The minimum atomic E-state index is -1.26. The number of amides is 2. The standard InChI is InChI=1S/C14H16ClN3O4/c1-17-11-3-2-9(15)8-12(11)18(6-7-19)5-4-10(13(17)20)16-14(21)22/h2-3,7-8,10,16H,4-6H2,1H3,(H,21,22). The zero-order chi connectivity index (χ0) is 16.3. The van der Waals surface area contributed by atoms with E-state index in [2.05, 4.69) is 5.32 Å². The number of nitrogens with one attached hydrogen (secondary N) is 1. The molecule has 0 bridgehead atoms. The largest absolute Gasteiger partial charge is 0.465 e. The molecule has 0 spiro atoms. The van der Waals surface area contributed by atoms with Crippen LogP contribution < -0.4 is 15.1 Å². The molecule has 1 unspecified atom stereocenters. The molecule has 2 rings (SSSR count). The van der Waals surface area contributed by atoms with Gasteiger partial charge in [-0.15, -0.1) is 0 Å². The Balaban J connectivity index is 2.44. The van der Waals surface area contributed by atoms with E-state index >= 15 is 0 Å². The van der Waals surface area contributed by atoms with Crippen LogP contribution in [0.4, 0.5) is 16.2 Å². The van der Waals surface area contributed by atoms with Crippen molar-refractivity contribution in [3.8, 4) is 0 Å². The lowest BCUT2D eigenvalue weighted by Gasteiger charge is -2.34. The topological polar surface area (TPSA) is 89.9 Å². The van der Waals surface area contributed by atoms with Gasteiger partial charge in [0.05, 0.1) is 17.9 Å². The predicted octanol–water partition coefficient (Wildman–Crippen LogP) is 1.35. The van der Waals surface area contributed by atoms with E-state index in [1.807, 2.05) is 0 Å². The third-order valence-corrected chi connectivity index (χ3v) is 3.78. The van der Waals surface area contributed by atoms with Crippen molar-refractivity contribution in [3.05, 3.63) is 23.2 Å². The lowest BCUT2D eigenvalue weighted by molar-refractivity contribution is -0.120. The summed E-state index contributed by atoms with van der Waals surface area (Å²) in [5.41, 5.74) is 1.25. The van der Waals surface area contributed by atoms with Gasteiger partial charge in [0.2, 0.25) is 5.91 Å². The highest BCUT2D eigenvalue weighted by molar-refractivity contribution is 6.31. The van der Waals surface area contributed by atoms with Crippen molar-refractivity contribution in [1.82, 2.24) is 5.32 Å². The van der Waals surface area contributed by atoms with Gasteiger partial charge in [0.1, 0.15) is 12.3 Å². The van der Waals surface area contributed by atoms with Gasteiger partial charge >= 0.3 is 6.09 Å². The number of carbonyl (C=O) groups excluding carboxylic acids is 2. The van der Waals surface area contributed by atoms with E-state index in [9.17, 15) is 14.4 Å². The third-order valence-electron chi connectivity index (χ3n) is 3.55. The average molecular weight is 326 g/mol. The van der Waals surface area contributed by atoms with E-state index in [4.69, 9.17) is 16.7 Å². The number of hydrogen-bond donors (Lipinski definition) is 2. The zero-order valence-corrected chi connectivity index (χ0v) is 12.7. The van der Waals surface area contributed by atoms with Gasteiger partial charge < -0.3 is 25.0 Å². The van der Waals surface area contributed by atoms with Gasteiger partial charge in [-0.1, -0.05) is 11.6 Å². The van der Waals surface area contributed by atoms with Crippen LogP contribution in [0.15, 0.2) is 18.2 Å². The molecular formula is C14H16ClN3O4. The van der Waals surface area contributed by atoms with Gasteiger partial charge in [0, 0.05) is 18.6 Å². The number of likely N-dealkylation sites (N-methyl/N-ethyl adjacent to an activating group) is 1. The van der Waals surface area contributed by atoms with Gasteiger partial charge in [-0.3, -0.25) is 4.79 Å². The van der Waals surface area contributed by atoms with Crippen LogP contribution in [0.1, 0.15) is 6.42 Å². The van der Waals surface area contributed by atoms with Crippen molar-refractivity contribution in [2.24, 2.45) is 0 Å². The van der Waals surface area contributed by atoms with Gasteiger partial charge in [0.25, 0.3) is 0 Å². The maximum absolute atomic E-state index is 12.4. The lowest BCUT2D eigenvalue weighted by atomic mass is 10.1. The molecule has 1 atom stereocenters. The fraction of sp³-hybridized carbons (Fsp3) is 0.357. The fourth-order valence-corrected chi connectivity index (χ4v) is 2.64. The summed E-state index contributed by atoms with van der Waals surface area (Å²) in [6.45, 7) is 0.492. The summed E-state index contributed by atoms with van der Waals surface area (Å²) in [5, 5.41) is 11.6. The lowest BCUT2D eigenvalue weighted by Crippen LogP contribution is -2.50. The van der Waals surface area contributed by atoms with Crippen LogP contribution in [0.25, 0.3) is 0 Å². The number of aldehydes is 1. The molecule has 7 nitrogen and oxygen atoms in total. The molecule has 8 heteroatoms. The SMILES string of the molecule is CN1C(=O)C(NC(=O)O)CCN(CC=O)c2cc(Cl)ccc21. The normalized spacial score (nSPS) is 18.3. The Kier molecular flexibility index (Phi) is 4.87. The summed E-state index contributed by atoms with van der Waals surface area (Å²) in [7, 11) is 1.57. The van der Waals surface area contributed by atoms with E-state index in [0.29, 0.717) is 22.9 Å². The molecule has 1 aliphatic heterocycles. The molecule has 1 aromatic rings. The van der Waals surface area contributed by atoms with Gasteiger partial charge in [-0.25, -0.2) is 4.79 Å². The Labute approximate surface area is 132 Å². The number of anilines is 2. The van der Waals surface area contributed by atoms with Gasteiger partial charge in [-0.05, 0) is 24.6 Å². The molecule has 1 heterocycles. The monoisotopic (exact) mass is 325 g/mol. The number of fused-ring (bicyclic) bond motifs is 1. The van der Waals surface area contributed by atoms with Crippen molar-refractivity contribution >= 4 is 41.3 Å². The van der Waals surface area contributed by atoms with Crippen LogP contribution in [-0.4, -0.2) is 49.6 Å². The first-order chi connectivity index (χ1) is 10.4. The average Bonchev–Trinajstić information content (AvgIpc) is 2.47. The highest BCUT2D eigenvalue weighted by atomic mass is 35.5. The number of rotatable bonds is 3. The second kappa shape index (κ2) is 6.65. The maximum atomic E-state index is 12.4. The summed E-state index contributed by atoms with van der Waals surface area (Å²) in [4.78, 5) is 37.3. The van der Waals surface area contributed by atoms with Gasteiger partial charge in [0.15, 0.2) is 0 Å². The van der Waals surface area contributed by atoms with Crippen molar-refractivity contribution in [2.75, 3.05) is 29.9 Å². The summed E-state index contributed by atoms with van der Waals surface area (Å²) < 4.78 is 0. The maximum Gasteiger partial charge on any atom is 0.405 e. The molecule has 0 saturated heterocycles. The minimum absolute atomic E-state index is 0.134. The highest BCUT2D eigenvalue weighted by Gasteiger charge is 2.30. The quantitative estimate of drug-likeness (QED) is 0.819. The van der Waals surface area contributed by atoms with Crippen LogP contribution >= 0.6 is 11.6 Å². The molecule has 1 aliphatic rings. The molecule has 0 aliphatic carbocycles. The van der Waals surface area contributed by atoms with Crippen LogP contribution in [0.2, 0.25) is 5.02 Å². The molecule has 2 amide bonds. The van der Waals surface area contributed by atoms with Crippen molar-refractivity contribution in [1.29, 1.82) is 0 Å². The minimum Gasteiger partial charge on any atom is -0.465 e. The summed E-state index contributed by atoms with van der Waals surface area (Å²) in [6, 6.07) is 4.15. The molecule has 0 radical (unpaired) electrons. The smallest absolute Gasteiger partial charge is 0.405 e. The van der Waals surface area contributed by atoms with Crippen molar-refractivity contribution in [2.45, 2.75) is 12.5 Å². The molecule has 2 N–H and O–H groups in total. The molecule has 1 aromatic carbocycles. The third kappa shape index (κ3) is 3.30. The van der Waals surface area contributed by atoms with Crippen LogP contribution in [0.3, 0.4) is 0 Å². The Morgan fingerprint density at radius 1 is 1.50 bits per heavy atom. The number of benzene rings is 1. The Bertz CT molecular complexity index is 608. The van der Waals surface area contributed by atoms with E-state index in [1.165, 1.54) is 4.90 Å². The number of carboxylic acid groups (broad SMARTS) is 1. The van der Waals surface area contributed by atoms with E-state index in [0.717, 1.165) is 6.29 Å². The van der Waals surface area contributed by atoms with Crippen LogP contribution in [0.5, 0.6) is 0 Å². The van der Waals surface area contributed by atoms with Gasteiger partial charge in [-0.2, -0.15) is 0 Å². The first-order valence-corrected chi connectivity index (χ1v) is 7.07. The first kappa shape index (κ1) is 16.1. The Hall–Kier alpha value is -2.28. The Morgan fingerprint density at radius 3 is 2.86 bits per heavy atom. The first-order valence-electron chi connectivity index (χ1n) is 6.69. The second-order valence-electron chi connectivity index (χ2n) is 4.93. The molecule has 22 heavy (non-hydrogen) atoms. The molecular weight excluding hydrogens is 310 g/mol. The molecule has 0 fully saturated rings. The van der Waals surface area contributed by atoms with E-state index in [1.54, 1.807) is 30.1 Å². The molecule has 0 saturated carbocycles. The van der Waals surface area contributed by atoms with E-state index in [-0.39, 0.29) is 18.9 Å². The molecule has 0 aromatic heterocycles. The van der Waals surface area contributed by atoms with Crippen molar-refractivity contribution in [3.63, 3.8) is 0 Å². The van der Waals surface area contributed by atoms with Crippen LogP contribution in [-0.2, 0) is 9.59 Å². The summed E-state index contributed by atoms with van der Waals surface area (Å²) in [5.74, 6) is -0.350. The molecule has 118 valence electrons.